The monoisotopic (exact) mass is 276 g/mol. The largest absolute Gasteiger partial charge is 0.508 e. The number of hydrogen-bond donors (Lipinski definition) is 3. The Kier molecular flexibility index (Phi) is 4.65. The number of phenols is 1. The molecule has 2 atom stereocenters. The third kappa shape index (κ3) is 3.12. The molecule has 1 aromatic rings. The van der Waals surface area contributed by atoms with E-state index in [1.165, 1.54) is 0 Å². The van der Waals surface area contributed by atoms with Crippen molar-refractivity contribution in [2.24, 2.45) is 0 Å². The van der Waals surface area contributed by atoms with E-state index in [1.807, 2.05) is 13.0 Å². The maximum absolute atomic E-state index is 12.6. The second-order valence-electron chi connectivity index (χ2n) is 5.65. The molecule has 1 heterocycles. The normalized spacial score (nSPS) is 23.5. The summed E-state index contributed by atoms with van der Waals surface area (Å²) in [5, 5.41) is 16.0. The van der Waals surface area contributed by atoms with Gasteiger partial charge in [0, 0.05) is 0 Å². The number of carbonyl (C=O) groups is 1. The quantitative estimate of drug-likeness (QED) is 0.774. The van der Waals surface area contributed by atoms with Crippen LogP contribution in [-0.2, 0) is 4.79 Å². The van der Waals surface area contributed by atoms with Gasteiger partial charge in [-0.1, -0.05) is 25.5 Å². The van der Waals surface area contributed by atoms with Crippen LogP contribution in [0.4, 0.5) is 0 Å². The van der Waals surface area contributed by atoms with Crippen LogP contribution in [0.1, 0.15) is 51.1 Å². The Morgan fingerprint density at radius 1 is 1.55 bits per heavy atom. The molecular formula is C16H24N2O2. The van der Waals surface area contributed by atoms with Crippen LogP contribution in [0, 0.1) is 0 Å². The average Bonchev–Trinajstić information content (AvgIpc) is 2.89. The van der Waals surface area contributed by atoms with Crippen molar-refractivity contribution in [2.75, 3.05) is 6.54 Å². The van der Waals surface area contributed by atoms with Gasteiger partial charge in [-0.25, -0.2) is 0 Å². The molecule has 1 aliphatic rings. The van der Waals surface area contributed by atoms with Gasteiger partial charge in [-0.2, -0.15) is 0 Å². The summed E-state index contributed by atoms with van der Waals surface area (Å²) in [5.41, 5.74) is 0.516. The highest BCUT2D eigenvalue weighted by Crippen LogP contribution is 2.26. The van der Waals surface area contributed by atoms with Crippen molar-refractivity contribution in [1.82, 2.24) is 10.6 Å². The van der Waals surface area contributed by atoms with Crippen molar-refractivity contribution >= 4 is 5.91 Å². The van der Waals surface area contributed by atoms with Gasteiger partial charge in [0.15, 0.2) is 0 Å². The first kappa shape index (κ1) is 14.9. The zero-order valence-electron chi connectivity index (χ0n) is 12.3. The van der Waals surface area contributed by atoms with E-state index in [-0.39, 0.29) is 17.7 Å². The standard InChI is InChI=1S/C16H24N2O2/c1-3-8-16(9-5-10-17-16)15(20)18-12(2)13-6-4-7-14(19)11-13/h4,6-7,11-12,17,19H,3,5,8-10H2,1-2H3,(H,18,20). The minimum Gasteiger partial charge on any atom is -0.508 e. The van der Waals surface area contributed by atoms with E-state index in [9.17, 15) is 9.90 Å². The lowest BCUT2D eigenvalue weighted by atomic mass is 9.90. The minimum atomic E-state index is -0.403. The molecule has 20 heavy (non-hydrogen) atoms. The summed E-state index contributed by atoms with van der Waals surface area (Å²) in [5.74, 6) is 0.304. The predicted molar refractivity (Wildman–Crippen MR) is 79.5 cm³/mol. The molecular weight excluding hydrogens is 252 g/mol. The predicted octanol–water partition coefficient (Wildman–Crippen LogP) is 2.49. The highest BCUT2D eigenvalue weighted by Gasteiger charge is 2.40. The van der Waals surface area contributed by atoms with Crippen LogP contribution in [0.15, 0.2) is 24.3 Å². The maximum atomic E-state index is 12.6. The first-order valence-corrected chi connectivity index (χ1v) is 7.42. The van der Waals surface area contributed by atoms with Gasteiger partial charge in [0.2, 0.25) is 5.91 Å². The highest BCUT2D eigenvalue weighted by molar-refractivity contribution is 5.87. The van der Waals surface area contributed by atoms with Crippen molar-refractivity contribution in [3.63, 3.8) is 0 Å². The number of phenolic OH excluding ortho intramolecular Hbond substituents is 1. The summed E-state index contributed by atoms with van der Waals surface area (Å²) in [7, 11) is 0. The molecule has 0 radical (unpaired) electrons. The summed E-state index contributed by atoms with van der Waals surface area (Å²) in [6.45, 7) is 4.96. The lowest BCUT2D eigenvalue weighted by Crippen LogP contribution is -2.53. The number of nitrogens with one attached hydrogen (secondary N) is 2. The van der Waals surface area contributed by atoms with Crippen molar-refractivity contribution in [3.8, 4) is 5.75 Å². The minimum absolute atomic E-state index is 0.0766. The van der Waals surface area contributed by atoms with Crippen molar-refractivity contribution in [2.45, 2.75) is 51.1 Å². The number of aromatic hydroxyl groups is 1. The van der Waals surface area contributed by atoms with Gasteiger partial charge in [-0.05, 0) is 50.4 Å². The Balaban J connectivity index is 2.06. The molecule has 3 N–H and O–H groups in total. The molecule has 2 rings (SSSR count). The maximum Gasteiger partial charge on any atom is 0.240 e. The highest BCUT2D eigenvalue weighted by atomic mass is 16.3. The molecule has 0 aliphatic carbocycles. The zero-order valence-corrected chi connectivity index (χ0v) is 12.3. The van der Waals surface area contributed by atoms with E-state index in [1.54, 1.807) is 18.2 Å². The molecule has 110 valence electrons. The molecule has 1 aliphatic heterocycles. The van der Waals surface area contributed by atoms with Crippen LogP contribution in [0.3, 0.4) is 0 Å². The lowest BCUT2D eigenvalue weighted by Gasteiger charge is -2.29. The van der Waals surface area contributed by atoms with E-state index >= 15 is 0 Å². The van der Waals surface area contributed by atoms with Crippen LogP contribution >= 0.6 is 0 Å². The van der Waals surface area contributed by atoms with Crippen molar-refractivity contribution in [3.05, 3.63) is 29.8 Å². The Labute approximate surface area is 120 Å². The van der Waals surface area contributed by atoms with Crippen LogP contribution < -0.4 is 10.6 Å². The van der Waals surface area contributed by atoms with Gasteiger partial charge in [0.25, 0.3) is 0 Å². The van der Waals surface area contributed by atoms with Crippen molar-refractivity contribution < 1.29 is 9.90 Å². The number of rotatable bonds is 5. The van der Waals surface area contributed by atoms with E-state index in [4.69, 9.17) is 0 Å². The summed E-state index contributed by atoms with van der Waals surface area (Å²) < 4.78 is 0. The number of benzene rings is 1. The molecule has 4 nitrogen and oxygen atoms in total. The van der Waals surface area contributed by atoms with Gasteiger partial charge in [0.1, 0.15) is 5.75 Å². The lowest BCUT2D eigenvalue weighted by molar-refractivity contribution is -0.128. The molecule has 0 bridgehead atoms. The molecule has 2 unspecified atom stereocenters. The number of hydrogen-bond acceptors (Lipinski definition) is 3. The van der Waals surface area contributed by atoms with Crippen LogP contribution in [-0.4, -0.2) is 23.1 Å². The Hall–Kier alpha value is -1.55. The third-order valence-corrected chi connectivity index (χ3v) is 4.07. The van der Waals surface area contributed by atoms with E-state index in [0.29, 0.717) is 0 Å². The van der Waals surface area contributed by atoms with Crippen LogP contribution in [0.5, 0.6) is 5.75 Å². The molecule has 0 aromatic heterocycles. The van der Waals surface area contributed by atoms with E-state index < -0.39 is 5.54 Å². The molecule has 4 heteroatoms. The van der Waals surface area contributed by atoms with Gasteiger partial charge < -0.3 is 15.7 Å². The topological polar surface area (TPSA) is 61.4 Å². The van der Waals surface area contributed by atoms with Crippen LogP contribution in [0.25, 0.3) is 0 Å². The summed E-state index contributed by atoms with van der Waals surface area (Å²) >= 11 is 0. The Bertz CT molecular complexity index is 467. The molecule has 1 aromatic carbocycles. The first-order chi connectivity index (χ1) is 9.57. The summed E-state index contributed by atoms with van der Waals surface area (Å²) in [4.78, 5) is 12.6. The first-order valence-electron chi connectivity index (χ1n) is 7.42. The molecule has 0 spiro atoms. The summed E-state index contributed by atoms with van der Waals surface area (Å²) in [6, 6.07) is 6.93. The molecule has 0 saturated carbocycles. The van der Waals surface area contributed by atoms with Gasteiger partial charge in [-0.15, -0.1) is 0 Å². The SMILES string of the molecule is CCCC1(C(=O)NC(C)c2cccc(O)c2)CCCN1. The Morgan fingerprint density at radius 2 is 2.35 bits per heavy atom. The second kappa shape index (κ2) is 6.27. The second-order valence-corrected chi connectivity index (χ2v) is 5.65. The molecule has 1 saturated heterocycles. The van der Waals surface area contributed by atoms with Gasteiger partial charge >= 0.3 is 0 Å². The van der Waals surface area contributed by atoms with E-state index in [2.05, 4.69) is 17.6 Å². The smallest absolute Gasteiger partial charge is 0.240 e. The number of amides is 1. The van der Waals surface area contributed by atoms with E-state index in [0.717, 1.165) is 37.8 Å². The van der Waals surface area contributed by atoms with Crippen LogP contribution in [0.2, 0.25) is 0 Å². The fraction of sp³-hybridized carbons (Fsp3) is 0.562. The summed E-state index contributed by atoms with van der Waals surface area (Å²) in [6.07, 6.45) is 3.81. The fourth-order valence-electron chi connectivity index (χ4n) is 2.97. The molecule has 1 amide bonds. The third-order valence-electron chi connectivity index (χ3n) is 4.07. The van der Waals surface area contributed by atoms with Gasteiger partial charge in [0.05, 0.1) is 11.6 Å². The van der Waals surface area contributed by atoms with Gasteiger partial charge in [-0.3, -0.25) is 4.79 Å². The fourth-order valence-corrected chi connectivity index (χ4v) is 2.97. The van der Waals surface area contributed by atoms with Crippen molar-refractivity contribution in [1.29, 1.82) is 0 Å². The number of carbonyl (C=O) groups excluding carboxylic acids is 1. The Morgan fingerprint density at radius 3 is 2.95 bits per heavy atom. The zero-order chi connectivity index (χ0) is 14.6. The average molecular weight is 276 g/mol. The molecule has 1 fully saturated rings.